The zero-order valence-electron chi connectivity index (χ0n) is 11.9. The molecule has 0 spiro atoms. The first-order valence-electron chi connectivity index (χ1n) is 6.99. The van der Waals surface area contributed by atoms with Gasteiger partial charge in [0.15, 0.2) is 0 Å². The van der Waals surface area contributed by atoms with Crippen molar-refractivity contribution in [3.05, 3.63) is 29.8 Å². The summed E-state index contributed by atoms with van der Waals surface area (Å²) in [6.45, 7) is 0.552. The largest absolute Gasteiger partial charge is 0.469 e. The van der Waals surface area contributed by atoms with Crippen LogP contribution in [0.25, 0.3) is 0 Å². The second-order valence-electron chi connectivity index (χ2n) is 5.26. The van der Waals surface area contributed by atoms with Gasteiger partial charge in [-0.1, -0.05) is 18.2 Å². The van der Waals surface area contributed by atoms with Crippen molar-refractivity contribution in [3.8, 4) is 0 Å². The van der Waals surface area contributed by atoms with E-state index in [4.69, 9.17) is 4.74 Å². The van der Waals surface area contributed by atoms with Crippen LogP contribution in [0.1, 0.15) is 17.9 Å². The van der Waals surface area contributed by atoms with Gasteiger partial charge in [-0.15, -0.1) is 11.8 Å². The first-order chi connectivity index (χ1) is 10.2. The minimum atomic E-state index is -0.237. The first-order valence-corrected chi connectivity index (χ1v) is 8.14. The molecule has 1 aromatic carbocycles. The van der Waals surface area contributed by atoms with Crippen molar-refractivity contribution in [3.63, 3.8) is 0 Å². The van der Waals surface area contributed by atoms with Gasteiger partial charge >= 0.3 is 5.97 Å². The summed E-state index contributed by atoms with van der Waals surface area (Å²) in [6.07, 6.45) is 0.310. The summed E-state index contributed by atoms with van der Waals surface area (Å²) >= 11 is 1.73. The van der Waals surface area contributed by atoms with Crippen LogP contribution < -0.4 is 10.2 Å². The number of benzene rings is 1. The van der Waals surface area contributed by atoms with Gasteiger partial charge < -0.3 is 9.64 Å². The zero-order valence-corrected chi connectivity index (χ0v) is 12.7. The normalized spacial score (nSPS) is 24.0. The molecule has 0 saturated carbocycles. The van der Waals surface area contributed by atoms with Crippen LogP contribution in [-0.4, -0.2) is 43.2 Å². The lowest BCUT2D eigenvalue weighted by atomic mass is 9.98. The van der Waals surface area contributed by atoms with Crippen molar-refractivity contribution >= 4 is 29.3 Å². The third-order valence-electron chi connectivity index (χ3n) is 3.99. The van der Waals surface area contributed by atoms with Gasteiger partial charge in [-0.3, -0.25) is 14.9 Å². The van der Waals surface area contributed by atoms with E-state index in [-0.39, 0.29) is 23.8 Å². The zero-order chi connectivity index (χ0) is 14.8. The molecule has 0 bridgehead atoms. The lowest BCUT2D eigenvalue weighted by Gasteiger charge is -2.21. The highest BCUT2D eigenvalue weighted by Crippen LogP contribution is 2.38. The SMILES string of the molecule is COC(=O)CC1CN(C(=O)C2CSCN2)c2ccccc21. The van der Waals surface area contributed by atoms with Crippen molar-refractivity contribution in [1.82, 2.24) is 5.32 Å². The van der Waals surface area contributed by atoms with Crippen molar-refractivity contribution < 1.29 is 14.3 Å². The minimum absolute atomic E-state index is 0.0201. The molecular formula is C15H18N2O3S. The Labute approximate surface area is 128 Å². The summed E-state index contributed by atoms with van der Waals surface area (Å²) < 4.78 is 4.76. The van der Waals surface area contributed by atoms with E-state index in [1.165, 1.54) is 7.11 Å². The number of esters is 1. The minimum Gasteiger partial charge on any atom is -0.469 e. The molecular weight excluding hydrogens is 288 g/mol. The van der Waals surface area contributed by atoms with Crippen LogP contribution in [0.2, 0.25) is 0 Å². The molecule has 2 unspecified atom stereocenters. The molecule has 0 aromatic heterocycles. The van der Waals surface area contributed by atoms with E-state index in [0.717, 1.165) is 22.9 Å². The molecule has 1 saturated heterocycles. The molecule has 0 radical (unpaired) electrons. The Bertz CT molecular complexity index is 558. The topological polar surface area (TPSA) is 58.6 Å². The van der Waals surface area contributed by atoms with E-state index in [2.05, 4.69) is 5.32 Å². The van der Waals surface area contributed by atoms with Gasteiger partial charge in [-0.05, 0) is 11.6 Å². The summed E-state index contributed by atoms with van der Waals surface area (Å²) in [5.74, 6) is 1.50. The van der Waals surface area contributed by atoms with Crippen molar-refractivity contribution in [2.45, 2.75) is 18.4 Å². The number of fused-ring (bicyclic) bond motifs is 1. The summed E-state index contributed by atoms with van der Waals surface area (Å²) in [7, 11) is 1.39. The number of ether oxygens (including phenoxy) is 1. The number of rotatable bonds is 3. The fourth-order valence-electron chi connectivity index (χ4n) is 2.91. The number of carbonyl (C=O) groups is 2. The Hall–Kier alpha value is -1.53. The van der Waals surface area contributed by atoms with E-state index < -0.39 is 0 Å². The second kappa shape index (κ2) is 6.07. The number of nitrogens with one attached hydrogen (secondary N) is 1. The summed E-state index contributed by atoms with van der Waals surface area (Å²) in [6, 6.07) is 7.69. The number of hydrogen-bond donors (Lipinski definition) is 1. The quantitative estimate of drug-likeness (QED) is 0.854. The Morgan fingerprint density at radius 1 is 1.43 bits per heavy atom. The molecule has 2 heterocycles. The van der Waals surface area contributed by atoms with Gasteiger partial charge in [0.1, 0.15) is 0 Å². The summed E-state index contributed by atoms with van der Waals surface area (Å²) in [5.41, 5.74) is 1.98. The number of amides is 1. The summed E-state index contributed by atoms with van der Waals surface area (Å²) in [5, 5.41) is 3.21. The number of nitrogens with zero attached hydrogens (tertiary/aromatic N) is 1. The van der Waals surface area contributed by atoms with Crippen LogP contribution in [0.4, 0.5) is 5.69 Å². The Balaban J connectivity index is 1.83. The van der Waals surface area contributed by atoms with Crippen molar-refractivity contribution in [2.75, 3.05) is 30.2 Å². The molecule has 1 aromatic rings. The third kappa shape index (κ3) is 2.78. The van der Waals surface area contributed by atoms with E-state index >= 15 is 0 Å². The van der Waals surface area contributed by atoms with Gasteiger partial charge in [-0.2, -0.15) is 0 Å². The lowest BCUT2D eigenvalue weighted by Crippen LogP contribution is -2.44. The molecule has 1 N–H and O–H groups in total. The fourth-order valence-corrected chi connectivity index (χ4v) is 3.84. The number of carbonyl (C=O) groups excluding carboxylic acids is 2. The lowest BCUT2D eigenvalue weighted by molar-refractivity contribution is -0.141. The number of methoxy groups -OCH3 is 1. The molecule has 0 aliphatic carbocycles. The molecule has 112 valence electrons. The number of para-hydroxylation sites is 1. The van der Waals surface area contributed by atoms with E-state index in [0.29, 0.717) is 13.0 Å². The highest BCUT2D eigenvalue weighted by atomic mass is 32.2. The van der Waals surface area contributed by atoms with Gasteiger partial charge in [0.05, 0.1) is 19.6 Å². The maximum atomic E-state index is 12.6. The Morgan fingerprint density at radius 3 is 2.95 bits per heavy atom. The molecule has 2 aliphatic heterocycles. The highest BCUT2D eigenvalue weighted by molar-refractivity contribution is 7.99. The predicted octanol–water partition coefficient (Wildman–Crippen LogP) is 1.34. The van der Waals surface area contributed by atoms with Crippen molar-refractivity contribution in [1.29, 1.82) is 0 Å². The average Bonchev–Trinajstić information content (AvgIpc) is 3.15. The highest BCUT2D eigenvalue weighted by Gasteiger charge is 2.37. The third-order valence-corrected chi connectivity index (χ3v) is 4.93. The Kier molecular flexibility index (Phi) is 4.17. The smallest absolute Gasteiger partial charge is 0.306 e. The fraction of sp³-hybridized carbons (Fsp3) is 0.467. The molecule has 5 nitrogen and oxygen atoms in total. The van der Waals surface area contributed by atoms with Crippen LogP contribution in [0.15, 0.2) is 24.3 Å². The molecule has 2 atom stereocenters. The molecule has 3 rings (SSSR count). The van der Waals surface area contributed by atoms with Gasteiger partial charge in [0.2, 0.25) is 5.91 Å². The monoisotopic (exact) mass is 306 g/mol. The summed E-state index contributed by atoms with van der Waals surface area (Å²) in [4.78, 5) is 26.0. The van der Waals surface area contributed by atoms with Crippen LogP contribution >= 0.6 is 11.8 Å². The number of anilines is 1. The first kappa shape index (κ1) is 14.4. The molecule has 1 fully saturated rings. The van der Waals surface area contributed by atoms with E-state index in [9.17, 15) is 9.59 Å². The predicted molar refractivity (Wildman–Crippen MR) is 82.4 cm³/mol. The van der Waals surface area contributed by atoms with Gasteiger partial charge in [-0.25, -0.2) is 0 Å². The molecule has 2 aliphatic rings. The maximum Gasteiger partial charge on any atom is 0.306 e. The molecule has 6 heteroatoms. The van der Waals surface area contributed by atoms with Crippen LogP contribution in [-0.2, 0) is 14.3 Å². The molecule has 21 heavy (non-hydrogen) atoms. The van der Waals surface area contributed by atoms with E-state index in [1.807, 2.05) is 29.2 Å². The van der Waals surface area contributed by atoms with E-state index in [1.54, 1.807) is 11.8 Å². The Morgan fingerprint density at radius 2 is 2.24 bits per heavy atom. The molecule has 1 amide bonds. The van der Waals surface area contributed by atoms with Crippen molar-refractivity contribution in [2.24, 2.45) is 0 Å². The average molecular weight is 306 g/mol. The van der Waals surface area contributed by atoms with Crippen LogP contribution in [0.3, 0.4) is 0 Å². The standard InChI is InChI=1S/C15H18N2O3S/c1-20-14(18)6-10-7-17(13-5-3-2-4-11(10)13)15(19)12-8-21-9-16-12/h2-5,10,12,16H,6-9H2,1H3. The van der Waals surface area contributed by atoms with Gasteiger partial charge in [0.25, 0.3) is 0 Å². The number of thioether (sulfide) groups is 1. The number of hydrogen-bond acceptors (Lipinski definition) is 5. The maximum absolute atomic E-state index is 12.6. The van der Waals surface area contributed by atoms with Gasteiger partial charge in [0, 0.05) is 29.8 Å². The second-order valence-corrected chi connectivity index (χ2v) is 6.29. The van der Waals surface area contributed by atoms with Crippen LogP contribution in [0, 0.1) is 0 Å². The van der Waals surface area contributed by atoms with Crippen LogP contribution in [0.5, 0.6) is 0 Å².